The van der Waals surface area contributed by atoms with E-state index in [1.54, 1.807) is 24.3 Å². The van der Waals surface area contributed by atoms with Crippen LogP contribution in [0.5, 0.6) is 5.75 Å². The molecule has 0 bridgehead atoms. The predicted molar refractivity (Wildman–Crippen MR) is 147 cm³/mol. The number of nitrogens with one attached hydrogen (secondary N) is 1. The molecule has 35 heavy (non-hydrogen) atoms. The first kappa shape index (κ1) is 25.6. The van der Waals surface area contributed by atoms with Crippen LogP contribution in [-0.2, 0) is 0 Å². The van der Waals surface area contributed by atoms with E-state index < -0.39 is 0 Å². The molecule has 4 aromatic rings. The van der Waals surface area contributed by atoms with E-state index in [4.69, 9.17) is 15.9 Å². The summed E-state index contributed by atoms with van der Waals surface area (Å²) in [4.78, 5) is 0. The summed E-state index contributed by atoms with van der Waals surface area (Å²) in [5, 5.41) is 20.5. The molecule has 0 spiro atoms. The van der Waals surface area contributed by atoms with Gasteiger partial charge in [-0.15, -0.1) is 0 Å². The summed E-state index contributed by atoms with van der Waals surface area (Å²) >= 11 is 0. The van der Waals surface area contributed by atoms with Crippen molar-refractivity contribution in [3.8, 4) is 16.9 Å². The summed E-state index contributed by atoms with van der Waals surface area (Å²) < 4.78 is 0. The van der Waals surface area contributed by atoms with Gasteiger partial charge >= 0.3 is 0 Å². The summed E-state index contributed by atoms with van der Waals surface area (Å²) in [5.41, 5.74) is 12.0. The van der Waals surface area contributed by atoms with E-state index in [0.717, 1.165) is 22.6 Å². The van der Waals surface area contributed by atoms with Crippen LogP contribution in [0.1, 0.15) is 25.3 Å². The first-order valence-corrected chi connectivity index (χ1v) is 11.9. The molecular formula is C31H34N2O2. The van der Waals surface area contributed by atoms with Crippen LogP contribution in [0, 0.1) is 5.92 Å². The number of hydrogen-bond acceptors (Lipinski definition) is 4. The minimum Gasteiger partial charge on any atom is -0.508 e. The summed E-state index contributed by atoms with van der Waals surface area (Å²) in [6.45, 7) is 2.29. The predicted octanol–water partition coefficient (Wildman–Crippen LogP) is 7.20. The van der Waals surface area contributed by atoms with Gasteiger partial charge in [-0.3, -0.25) is 0 Å². The maximum atomic E-state index is 8.95. The third-order valence-corrected chi connectivity index (χ3v) is 5.52. The molecule has 1 fully saturated rings. The average molecular weight is 467 g/mol. The zero-order chi connectivity index (χ0) is 24.9. The molecule has 4 aromatic carbocycles. The number of aliphatic hydroxyl groups is 1. The van der Waals surface area contributed by atoms with Gasteiger partial charge in [0.15, 0.2) is 0 Å². The Morgan fingerprint density at radius 1 is 0.771 bits per heavy atom. The summed E-state index contributed by atoms with van der Waals surface area (Å²) in [7, 11) is 0. The molecule has 4 heteroatoms. The van der Waals surface area contributed by atoms with Crippen LogP contribution in [0.15, 0.2) is 115 Å². The molecule has 1 aliphatic rings. The summed E-state index contributed by atoms with van der Waals surface area (Å²) in [6.07, 6.45) is 4.35. The maximum absolute atomic E-state index is 8.95. The molecule has 0 aliphatic heterocycles. The van der Waals surface area contributed by atoms with Crippen molar-refractivity contribution in [1.29, 1.82) is 0 Å². The van der Waals surface area contributed by atoms with E-state index in [0.29, 0.717) is 12.5 Å². The van der Waals surface area contributed by atoms with E-state index in [2.05, 4.69) is 66.0 Å². The molecule has 4 nitrogen and oxygen atoms in total. The van der Waals surface area contributed by atoms with Crippen molar-refractivity contribution in [2.75, 3.05) is 11.9 Å². The summed E-state index contributed by atoms with van der Waals surface area (Å²) in [5.74, 6) is 0.952. The zero-order valence-electron chi connectivity index (χ0n) is 20.1. The van der Waals surface area contributed by atoms with Gasteiger partial charge in [-0.25, -0.2) is 0 Å². The molecule has 5 rings (SSSR count). The van der Waals surface area contributed by atoms with Crippen LogP contribution in [0.2, 0.25) is 0 Å². The van der Waals surface area contributed by atoms with E-state index in [1.807, 2.05) is 37.3 Å². The molecule has 1 aliphatic carbocycles. The Morgan fingerprint density at radius 3 is 1.77 bits per heavy atom. The topological polar surface area (TPSA) is 78.5 Å². The standard InChI is InChI=1S/C18H15N.C9H11NO.C4H8O/c1-3-7-15(8-4-1)16-11-13-18(14-12-16)19-17-9-5-2-6-10-17;1-2-9(10)7-3-5-8(11)6-4-7;5-3-4-1-2-4/h1-14,19H;2-6,11H,10H2,1H3;4-5H,1-3H2/b;9-2-;. The van der Waals surface area contributed by atoms with Gasteiger partial charge in [0.1, 0.15) is 5.75 Å². The zero-order valence-corrected chi connectivity index (χ0v) is 20.1. The summed E-state index contributed by atoms with van der Waals surface area (Å²) in [6, 6.07) is 35.9. The van der Waals surface area contributed by atoms with Crippen molar-refractivity contribution in [1.82, 2.24) is 0 Å². The Bertz CT molecular complexity index is 1150. The minimum absolute atomic E-state index is 0.262. The Morgan fingerprint density at radius 2 is 1.29 bits per heavy atom. The number of rotatable bonds is 5. The lowest BCUT2D eigenvalue weighted by atomic mass is 10.1. The molecule has 0 aromatic heterocycles. The van der Waals surface area contributed by atoms with Gasteiger partial charge in [-0.05, 0) is 90.9 Å². The number of anilines is 2. The maximum Gasteiger partial charge on any atom is 0.115 e. The monoisotopic (exact) mass is 466 g/mol. The Hall–Kier alpha value is -4.02. The lowest BCUT2D eigenvalue weighted by Crippen LogP contribution is -1.94. The number of benzene rings is 4. The third kappa shape index (κ3) is 9.03. The average Bonchev–Trinajstić information content (AvgIpc) is 3.76. The number of aromatic hydroxyl groups is 1. The van der Waals surface area contributed by atoms with E-state index in [1.165, 1.54) is 24.0 Å². The lowest BCUT2D eigenvalue weighted by Gasteiger charge is -2.07. The second kappa shape index (κ2) is 13.6. The lowest BCUT2D eigenvalue weighted by molar-refractivity contribution is 0.277. The van der Waals surface area contributed by atoms with Crippen LogP contribution in [0.3, 0.4) is 0 Å². The van der Waals surface area contributed by atoms with E-state index in [-0.39, 0.29) is 5.75 Å². The molecule has 1 saturated carbocycles. The first-order valence-electron chi connectivity index (χ1n) is 11.9. The van der Waals surface area contributed by atoms with Crippen LogP contribution in [0.25, 0.3) is 16.8 Å². The molecule has 0 atom stereocenters. The molecule has 0 unspecified atom stereocenters. The van der Waals surface area contributed by atoms with Gasteiger partial charge in [0.05, 0.1) is 0 Å². The number of phenolic OH excluding ortho intramolecular Hbond substituents is 1. The smallest absolute Gasteiger partial charge is 0.115 e. The Kier molecular flexibility index (Phi) is 9.97. The quantitative estimate of drug-likeness (QED) is 0.251. The second-order valence-electron chi connectivity index (χ2n) is 8.35. The van der Waals surface area contributed by atoms with Crippen LogP contribution < -0.4 is 11.1 Å². The molecule has 0 saturated heterocycles. The number of aliphatic hydroxyl groups excluding tert-OH is 1. The number of nitrogens with two attached hydrogens (primary N) is 1. The first-order chi connectivity index (χ1) is 17.1. The SMILES string of the molecule is C/C=C(\N)c1ccc(O)cc1.OCC1CC1.c1ccc(Nc2ccc(-c3ccccc3)cc2)cc1. The fourth-order valence-electron chi connectivity index (χ4n) is 3.19. The van der Waals surface area contributed by atoms with Gasteiger partial charge in [-0.2, -0.15) is 0 Å². The van der Waals surface area contributed by atoms with Gasteiger partial charge in [0.2, 0.25) is 0 Å². The van der Waals surface area contributed by atoms with E-state index in [9.17, 15) is 0 Å². The largest absolute Gasteiger partial charge is 0.508 e. The van der Waals surface area contributed by atoms with Crippen LogP contribution >= 0.6 is 0 Å². The van der Waals surface area contributed by atoms with E-state index >= 15 is 0 Å². The normalized spacial score (nSPS) is 12.5. The highest BCUT2D eigenvalue weighted by Gasteiger charge is 2.18. The van der Waals surface area contributed by atoms with Gasteiger partial charge in [0, 0.05) is 23.7 Å². The van der Waals surface area contributed by atoms with Crippen molar-refractivity contribution in [3.63, 3.8) is 0 Å². The van der Waals surface area contributed by atoms with Gasteiger partial charge in [-0.1, -0.05) is 66.7 Å². The van der Waals surface area contributed by atoms with Crippen molar-refractivity contribution in [2.45, 2.75) is 19.8 Å². The molecular weight excluding hydrogens is 432 g/mol. The fraction of sp³-hybridized carbons (Fsp3) is 0.161. The number of phenols is 1. The third-order valence-electron chi connectivity index (χ3n) is 5.52. The molecule has 180 valence electrons. The fourth-order valence-corrected chi connectivity index (χ4v) is 3.19. The highest BCUT2D eigenvalue weighted by molar-refractivity contribution is 5.68. The highest BCUT2D eigenvalue weighted by Crippen LogP contribution is 2.27. The van der Waals surface area contributed by atoms with Crippen molar-refractivity contribution < 1.29 is 10.2 Å². The Balaban J connectivity index is 0.000000179. The van der Waals surface area contributed by atoms with Crippen molar-refractivity contribution in [2.24, 2.45) is 11.7 Å². The Labute approximate surface area is 208 Å². The second-order valence-corrected chi connectivity index (χ2v) is 8.35. The van der Waals surface area contributed by atoms with Crippen LogP contribution in [-0.4, -0.2) is 16.8 Å². The molecule has 0 heterocycles. The highest BCUT2D eigenvalue weighted by atomic mass is 16.3. The minimum atomic E-state index is 0.262. The molecule has 0 radical (unpaired) electrons. The number of hydrogen-bond donors (Lipinski definition) is 4. The molecule has 0 amide bonds. The van der Waals surface area contributed by atoms with Gasteiger partial charge in [0.25, 0.3) is 0 Å². The van der Waals surface area contributed by atoms with Crippen LogP contribution in [0.4, 0.5) is 11.4 Å². The van der Waals surface area contributed by atoms with Gasteiger partial charge < -0.3 is 21.3 Å². The number of para-hydroxylation sites is 1. The number of allylic oxidation sites excluding steroid dienone is 1. The van der Waals surface area contributed by atoms with Crippen molar-refractivity contribution >= 4 is 17.1 Å². The van der Waals surface area contributed by atoms with Crippen molar-refractivity contribution in [3.05, 3.63) is 121 Å². The molecule has 5 N–H and O–H groups in total.